The lowest BCUT2D eigenvalue weighted by molar-refractivity contribution is -0.0619. The molecule has 0 radical (unpaired) electrons. The first kappa shape index (κ1) is 31.6. The van der Waals surface area contributed by atoms with E-state index >= 15 is 0 Å². The summed E-state index contributed by atoms with van der Waals surface area (Å²) in [6, 6.07) is 7.34. The quantitative estimate of drug-likeness (QED) is 0.277. The van der Waals surface area contributed by atoms with Crippen LogP contribution in [0.15, 0.2) is 35.7 Å². The fourth-order valence-corrected chi connectivity index (χ4v) is 6.50. The fraction of sp³-hybridized carbons (Fsp3) is 0.618. The molecule has 9 nitrogen and oxygen atoms in total. The van der Waals surface area contributed by atoms with Gasteiger partial charge in [0.15, 0.2) is 11.9 Å². The molecule has 5 rings (SSSR count). The maximum absolute atomic E-state index is 11.0. The number of aromatic nitrogens is 3. The van der Waals surface area contributed by atoms with Gasteiger partial charge < -0.3 is 20.7 Å². The summed E-state index contributed by atoms with van der Waals surface area (Å²) in [5.41, 5.74) is 13.7. The molecule has 1 aliphatic carbocycles. The average Bonchev–Trinajstić information content (AvgIpc) is 3.46. The van der Waals surface area contributed by atoms with Crippen molar-refractivity contribution in [2.75, 3.05) is 12.3 Å². The standard InChI is InChI=1S/C34H50N6O3/c1-19(2)39(17-27-30(41)31(42)33(43-27)40-18-37-29-28(35)21(4)16-36-32(29)40)25-14-23(15-25)10-9-22(5)38-26-12-11-24(13-20(26)3)34(6,7)8/h11-13,16,18-19,23,25,27,30-31,33,41-42H,9-10,14-15,17H2,1-8H3,(H2,35,36). The Hall–Kier alpha value is -2.85. The van der Waals surface area contributed by atoms with Crippen LogP contribution in [0.25, 0.3) is 11.2 Å². The smallest absolute Gasteiger partial charge is 0.165 e. The molecule has 1 saturated carbocycles. The maximum atomic E-state index is 11.0. The predicted molar refractivity (Wildman–Crippen MR) is 173 cm³/mol. The summed E-state index contributed by atoms with van der Waals surface area (Å²) >= 11 is 0. The third kappa shape index (κ3) is 6.50. The number of pyridine rings is 1. The van der Waals surface area contributed by atoms with E-state index in [-0.39, 0.29) is 5.41 Å². The Bertz CT molecular complexity index is 1470. The zero-order valence-electron chi connectivity index (χ0n) is 27.1. The van der Waals surface area contributed by atoms with Crippen molar-refractivity contribution >= 4 is 28.3 Å². The SMILES string of the molecule is CC(CCC1CC(N(CC2OC(n3cnc4c(N)c(C)cnc43)C(O)C2O)C(C)C)C1)=Nc1ccc(C(C)(C)C)cc1C. The number of ether oxygens (including phenoxy) is 1. The van der Waals surface area contributed by atoms with Crippen LogP contribution >= 0.6 is 0 Å². The van der Waals surface area contributed by atoms with E-state index in [1.54, 1.807) is 17.1 Å². The lowest BCUT2D eigenvalue weighted by Gasteiger charge is -2.46. The van der Waals surface area contributed by atoms with Gasteiger partial charge in [-0.3, -0.25) is 14.5 Å². The van der Waals surface area contributed by atoms with Crippen molar-refractivity contribution in [1.82, 2.24) is 19.4 Å². The zero-order chi connectivity index (χ0) is 31.2. The second-order valence-electron chi connectivity index (χ2n) is 14.1. The molecule has 1 aliphatic heterocycles. The number of rotatable bonds is 9. The van der Waals surface area contributed by atoms with Gasteiger partial charge in [0.25, 0.3) is 0 Å². The van der Waals surface area contributed by atoms with E-state index in [1.807, 2.05) is 6.92 Å². The van der Waals surface area contributed by atoms with Gasteiger partial charge in [-0.1, -0.05) is 32.9 Å². The summed E-state index contributed by atoms with van der Waals surface area (Å²) in [6.07, 6.45) is 4.23. The minimum atomic E-state index is -1.09. The number of hydrogen-bond acceptors (Lipinski definition) is 8. The molecule has 2 aromatic heterocycles. The van der Waals surface area contributed by atoms with Crippen molar-refractivity contribution in [3.05, 3.63) is 47.4 Å². The monoisotopic (exact) mass is 590 g/mol. The van der Waals surface area contributed by atoms with E-state index < -0.39 is 24.5 Å². The fourth-order valence-electron chi connectivity index (χ4n) is 6.50. The molecule has 9 heteroatoms. The Morgan fingerprint density at radius 1 is 1.14 bits per heavy atom. The number of aryl methyl sites for hydroxylation is 2. The summed E-state index contributed by atoms with van der Waals surface area (Å²) in [5.74, 6) is 0.658. The first-order valence-electron chi connectivity index (χ1n) is 15.7. The number of aliphatic hydroxyl groups is 2. The molecule has 2 fully saturated rings. The Morgan fingerprint density at radius 2 is 1.86 bits per heavy atom. The van der Waals surface area contributed by atoms with Crippen molar-refractivity contribution in [3.63, 3.8) is 0 Å². The third-order valence-electron chi connectivity index (χ3n) is 9.46. The Kier molecular flexibility index (Phi) is 9.01. The molecular weight excluding hydrogens is 540 g/mol. The molecule has 4 unspecified atom stereocenters. The molecule has 0 spiro atoms. The van der Waals surface area contributed by atoms with Crippen LogP contribution in [-0.4, -0.2) is 72.3 Å². The van der Waals surface area contributed by atoms with E-state index in [0.29, 0.717) is 41.4 Å². The molecule has 4 atom stereocenters. The van der Waals surface area contributed by atoms with Crippen LogP contribution in [0.3, 0.4) is 0 Å². The summed E-state index contributed by atoms with van der Waals surface area (Å²) in [5, 5.41) is 22.0. The van der Waals surface area contributed by atoms with E-state index in [9.17, 15) is 10.2 Å². The van der Waals surface area contributed by atoms with E-state index in [4.69, 9.17) is 15.5 Å². The highest BCUT2D eigenvalue weighted by molar-refractivity contribution is 5.86. The van der Waals surface area contributed by atoms with Crippen molar-refractivity contribution < 1.29 is 14.9 Å². The number of hydrogen-bond donors (Lipinski definition) is 3. The van der Waals surface area contributed by atoms with Gasteiger partial charge in [-0.25, -0.2) is 9.97 Å². The summed E-state index contributed by atoms with van der Waals surface area (Å²) in [7, 11) is 0. The van der Waals surface area contributed by atoms with Crippen LogP contribution < -0.4 is 5.73 Å². The van der Waals surface area contributed by atoms with Gasteiger partial charge in [-0.05, 0) is 94.4 Å². The van der Waals surface area contributed by atoms with Crippen molar-refractivity contribution in [2.45, 2.75) is 123 Å². The van der Waals surface area contributed by atoms with Crippen LogP contribution in [0.5, 0.6) is 0 Å². The summed E-state index contributed by atoms with van der Waals surface area (Å²) < 4.78 is 7.97. The Balaban J connectivity index is 1.16. The highest BCUT2D eigenvalue weighted by Crippen LogP contribution is 2.39. The zero-order valence-corrected chi connectivity index (χ0v) is 27.1. The normalized spacial score (nSPS) is 26.6. The first-order chi connectivity index (χ1) is 20.2. The van der Waals surface area contributed by atoms with Gasteiger partial charge in [0, 0.05) is 30.5 Å². The highest BCUT2D eigenvalue weighted by atomic mass is 16.6. The highest BCUT2D eigenvalue weighted by Gasteiger charge is 2.46. The Morgan fingerprint density at radius 3 is 2.51 bits per heavy atom. The predicted octanol–water partition coefficient (Wildman–Crippen LogP) is 5.61. The molecule has 43 heavy (non-hydrogen) atoms. The molecule has 4 N–H and O–H groups in total. The van der Waals surface area contributed by atoms with Gasteiger partial charge in [0.2, 0.25) is 0 Å². The van der Waals surface area contributed by atoms with Gasteiger partial charge in [0.05, 0.1) is 17.7 Å². The molecular formula is C34H50N6O3. The lowest BCUT2D eigenvalue weighted by Crippen LogP contribution is -2.52. The van der Waals surface area contributed by atoms with E-state index in [0.717, 1.165) is 36.9 Å². The second kappa shape index (κ2) is 12.3. The van der Waals surface area contributed by atoms with Crippen molar-refractivity contribution in [3.8, 4) is 0 Å². The molecule has 234 valence electrons. The molecule has 0 bridgehead atoms. The van der Waals surface area contributed by atoms with Crippen molar-refractivity contribution in [1.29, 1.82) is 0 Å². The number of benzene rings is 1. The molecule has 1 aromatic carbocycles. The number of fused-ring (bicyclic) bond motifs is 1. The number of imidazole rings is 1. The molecule has 2 aliphatic rings. The van der Waals surface area contributed by atoms with Gasteiger partial charge in [-0.2, -0.15) is 0 Å². The molecule has 0 amide bonds. The Labute approximate surface area is 256 Å². The number of aliphatic hydroxyl groups excluding tert-OH is 2. The van der Waals surface area contributed by atoms with Crippen LogP contribution in [0.4, 0.5) is 11.4 Å². The first-order valence-corrected chi connectivity index (χ1v) is 15.7. The number of aliphatic imine (C=N–C) groups is 1. The summed E-state index contributed by atoms with van der Waals surface area (Å²) in [6.45, 7) is 17.8. The van der Waals surface area contributed by atoms with Crippen LogP contribution in [0.1, 0.15) is 90.1 Å². The van der Waals surface area contributed by atoms with Crippen molar-refractivity contribution in [2.24, 2.45) is 10.9 Å². The minimum absolute atomic E-state index is 0.136. The van der Waals surface area contributed by atoms with Gasteiger partial charge >= 0.3 is 0 Å². The van der Waals surface area contributed by atoms with Crippen LogP contribution in [0.2, 0.25) is 0 Å². The minimum Gasteiger partial charge on any atom is -0.397 e. The van der Waals surface area contributed by atoms with Gasteiger partial charge in [0.1, 0.15) is 23.8 Å². The van der Waals surface area contributed by atoms with E-state index in [1.165, 1.54) is 16.8 Å². The number of nitrogens with two attached hydrogens (primary N) is 1. The molecule has 1 saturated heterocycles. The second-order valence-corrected chi connectivity index (χ2v) is 14.1. The molecule has 3 heterocycles. The summed E-state index contributed by atoms with van der Waals surface area (Å²) in [4.78, 5) is 16.3. The van der Waals surface area contributed by atoms with E-state index in [2.05, 4.69) is 81.5 Å². The van der Waals surface area contributed by atoms with Gasteiger partial charge in [-0.15, -0.1) is 0 Å². The topological polar surface area (TPSA) is 122 Å². The van der Waals surface area contributed by atoms with Crippen LogP contribution in [0, 0.1) is 19.8 Å². The molecule has 3 aromatic rings. The maximum Gasteiger partial charge on any atom is 0.165 e. The number of anilines is 1. The van der Waals surface area contributed by atoms with Crippen LogP contribution in [-0.2, 0) is 10.2 Å². The number of nitrogen functional groups attached to an aromatic ring is 1. The third-order valence-corrected chi connectivity index (χ3v) is 9.46. The number of nitrogens with zero attached hydrogens (tertiary/aromatic N) is 5. The lowest BCUT2D eigenvalue weighted by atomic mass is 9.76. The average molecular weight is 591 g/mol. The largest absolute Gasteiger partial charge is 0.397 e.